The van der Waals surface area contributed by atoms with E-state index in [0.29, 0.717) is 6.42 Å². The standard InChI is InChI=1S/C15H30N4O/c1-15(17,14(16)20)7-4-9-19-10-6-13-12(11-19)5-3-8-18(13)2/h12-13H,3-11,17H2,1-2H3,(H2,16,20). The summed E-state index contributed by atoms with van der Waals surface area (Å²) in [5, 5.41) is 0. The first kappa shape index (κ1) is 15.7. The number of hydrogen-bond acceptors (Lipinski definition) is 4. The molecule has 2 heterocycles. The maximum atomic E-state index is 11.2. The number of amides is 1. The van der Waals surface area contributed by atoms with Crippen LogP contribution in [0.15, 0.2) is 0 Å². The van der Waals surface area contributed by atoms with Crippen molar-refractivity contribution in [2.45, 2.75) is 50.6 Å². The van der Waals surface area contributed by atoms with Crippen LogP contribution in [0.2, 0.25) is 0 Å². The summed E-state index contributed by atoms with van der Waals surface area (Å²) >= 11 is 0. The first-order valence-corrected chi connectivity index (χ1v) is 7.91. The van der Waals surface area contributed by atoms with E-state index in [1.807, 2.05) is 0 Å². The van der Waals surface area contributed by atoms with Gasteiger partial charge in [-0.1, -0.05) is 0 Å². The molecule has 4 N–H and O–H groups in total. The third kappa shape index (κ3) is 3.71. The average molecular weight is 282 g/mol. The molecule has 5 nitrogen and oxygen atoms in total. The predicted octanol–water partition coefficient (Wildman–Crippen LogP) is 0.385. The molecule has 116 valence electrons. The summed E-state index contributed by atoms with van der Waals surface area (Å²) < 4.78 is 0. The Morgan fingerprint density at radius 3 is 2.80 bits per heavy atom. The largest absolute Gasteiger partial charge is 0.368 e. The summed E-state index contributed by atoms with van der Waals surface area (Å²) in [7, 11) is 2.26. The van der Waals surface area contributed by atoms with Gasteiger partial charge in [-0.15, -0.1) is 0 Å². The van der Waals surface area contributed by atoms with Crippen LogP contribution in [0.4, 0.5) is 0 Å². The number of likely N-dealkylation sites (tertiary alicyclic amines) is 2. The molecule has 5 heteroatoms. The molecule has 0 radical (unpaired) electrons. The number of carbonyl (C=O) groups excluding carboxylic acids is 1. The Hall–Kier alpha value is -0.650. The first-order chi connectivity index (χ1) is 9.40. The number of fused-ring (bicyclic) bond motifs is 1. The molecule has 0 aromatic rings. The van der Waals surface area contributed by atoms with Crippen LogP contribution in [-0.2, 0) is 4.79 Å². The molecule has 0 aromatic heterocycles. The van der Waals surface area contributed by atoms with Gasteiger partial charge in [-0.3, -0.25) is 4.79 Å². The zero-order chi connectivity index (χ0) is 14.8. The minimum absolute atomic E-state index is 0.398. The van der Waals surface area contributed by atoms with Gasteiger partial charge in [0.05, 0.1) is 5.54 Å². The number of hydrogen-bond donors (Lipinski definition) is 2. The zero-order valence-electron chi connectivity index (χ0n) is 13.0. The van der Waals surface area contributed by atoms with Crippen LogP contribution in [0.5, 0.6) is 0 Å². The SMILES string of the molecule is CN1CCCC2CN(CCCC(C)(N)C(N)=O)CCC21. The number of nitrogens with two attached hydrogens (primary N) is 2. The van der Waals surface area contributed by atoms with Crippen molar-refractivity contribution in [2.24, 2.45) is 17.4 Å². The molecule has 0 saturated carbocycles. The molecule has 0 aromatic carbocycles. The maximum absolute atomic E-state index is 11.2. The molecule has 2 aliphatic heterocycles. The Balaban J connectivity index is 1.74. The zero-order valence-corrected chi connectivity index (χ0v) is 13.0. The fraction of sp³-hybridized carbons (Fsp3) is 0.933. The number of nitrogens with zero attached hydrogens (tertiary/aromatic N) is 2. The lowest BCUT2D eigenvalue weighted by Gasteiger charge is -2.46. The fourth-order valence-electron chi connectivity index (χ4n) is 3.72. The molecule has 3 atom stereocenters. The van der Waals surface area contributed by atoms with Crippen LogP contribution >= 0.6 is 0 Å². The molecule has 1 amide bonds. The van der Waals surface area contributed by atoms with Gasteiger partial charge < -0.3 is 21.3 Å². The summed E-state index contributed by atoms with van der Waals surface area (Å²) in [6.45, 7) is 6.40. The van der Waals surface area contributed by atoms with E-state index >= 15 is 0 Å². The summed E-state index contributed by atoms with van der Waals surface area (Å²) in [5.41, 5.74) is 10.4. The number of piperidine rings is 2. The first-order valence-electron chi connectivity index (χ1n) is 7.91. The van der Waals surface area contributed by atoms with Gasteiger partial charge in [0.15, 0.2) is 0 Å². The molecular formula is C15H30N4O. The maximum Gasteiger partial charge on any atom is 0.237 e. The predicted molar refractivity (Wildman–Crippen MR) is 81.2 cm³/mol. The van der Waals surface area contributed by atoms with Gasteiger partial charge >= 0.3 is 0 Å². The molecule has 2 rings (SSSR count). The highest BCUT2D eigenvalue weighted by atomic mass is 16.1. The molecule has 2 aliphatic rings. The van der Waals surface area contributed by atoms with Crippen molar-refractivity contribution in [2.75, 3.05) is 33.2 Å². The van der Waals surface area contributed by atoms with Gasteiger partial charge in [0.1, 0.15) is 0 Å². The molecule has 3 unspecified atom stereocenters. The van der Waals surface area contributed by atoms with E-state index in [-0.39, 0.29) is 0 Å². The molecule has 0 bridgehead atoms. The second kappa shape index (κ2) is 6.41. The van der Waals surface area contributed by atoms with Gasteiger partial charge in [-0.05, 0) is 71.6 Å². The Kier molecular flexibility index (Phi) is 5.04. The van der Waals surface area contributed by atoms with E-state index in [1.54, 1.807) is 6.92 Å². The van der Waals surface area contributed by atoms with Crippen molar-refractivity contribution in [1.82, 2.24) is 9.80 Å². The van der Waals surface area contributed by atoms with Crippen molar-refractivity contribution in [3.8, 4) is 0 Å². The lowest BCUT2D eigenvalue weighted by Crippen LogP contribution is -2.53. The minimum Gasteiger partial charge on any atom is -0.368 e. The van der Waals surface area contributed by atoms with Crippen LogP contribution in [0.3, 0.4) is 0 Å². The minimum atomic E-state index is -0.858. The Morgan fingerprint density at radius 2 is 2.10 bits per heavy atom. The van der Waals surface area contributed by atoms with Gasteiger partial charge in [-0.25, -0.2) is 0 Å². The number of carbonyl (C=O) groups is 1. The van der Waals surface area contributed by atoms with E-state index in [1.165, 1.54) is 38.9 Å². The molecule has 0 spiro atoms. The summed E-state index contributed by atoms with van der Waals surface area (Å²) in [4.78, 5) is 16.3. The molecule has 2 saturated heterocycles. The summed E-state index contributed by atoms with van der Waals surface area (Å²) in [6, 6.07) is 0.783. The van der Waals surface area contributed by atoms with Crippen LogP contribution in [-0.4, -0.2) is 60.5 Å². The normalized spacial score (nSPS) is 31.6. The van der Waals surface area contributed by atoms with Gasteiger partial charge in [0.2, 0.25) is 5.91 Å². The van der Waals surface area contributed by atoms with E-state index in [4.69, 9.17) is 11.5 Å². The Bertz CT molecular complexity index is 345. The fourth-order valence-corrected chi connectivity index (χ4v) is 3.72. The van der Waals surface area contributed by atoms with Crippen LogP contribution < -0.4 is 11.5 Å². The lowest BCUT2D eigenvalue weighted by molar-refractivity contribution is -0.122. The second-order valence-electron chi connectivity index (χ2n) is 6.92. The van der Waals surface area contributed by atoms with Crippen molar-refractivity contribution in [1.29, 1.82) is 0 Å². The number of primary amides is 1. The highest BCUT2D eigenvalue weighted by Gasteiger charge is 2.34. The van der Waals surface area contributed by atoms with Gasteiger partial charge in [0, 0.05) is 12.6 Å². The van der Waals surface area contributed by atoms with Crippen LogP contribution in [0.1, 0.15) is 39.0 Å². The molecule has 0 aliphatic carbocycles. The monoisotopic (exact) mass is 282 g/mol. The second-order valence-corrected chi connectivity index (χ2v) is 6.92. The van der Waals surface area contributed by atoms with Crippen LogP contribution in [0, 0.1) is 5.92 Å². The summed E-state index contributed by atoms with van der Waals surface area (Å²) in [5.74, 6) is 0.424. The summed E-state index contributed by atoms with van der Waals surface area (Å²) in [6.07, 6.45) is 5.59. The van der Waals surface area contributed by atoms with E-state index in [9.17, 15) is 4.79 Å². The van der Waals surface area contributed by atoms with Crippen molar-refractivity contribution in [3.63, 3.8) is 0 Å². The highest BCUT2D eigenvalue weighted by Crippen LogP contribution is 2.29. The van der Waals surface area contributed by atoms with Crippen LogP contribution in [0.25, 0.3) is 0 Å². The van der Waals surface area contributed by atoms with E-state index in [0.717, 1.165) is 24.9 Å². The lowest BCUT2D eigenvalue weighted by atomic mass is 9.84. The molecule has 20 heavy (non-hydrogen) atoms. The number of rotatable bonds is 5. The third-order valence-corrected chi connectivity index (χ3v) is 5.16. The Labute approximate surface area is 122 Å². The highest BCUT2D eigenvalue weighted by molar-refractivity contribution is 5.83. The molecule has 2 fully saturated rings. The quantitative estimate of drug-likeness (QED) is 0.764. The van der Waals surface area contributed by atoms with Gasteiger partial charge in [-0.2, -0.15) is 0 Å². The Morgan fingerprint density at radius 1 is 1.35 bits per heavy atom. The molecular weight excluding hydrogens is 252 g/mol. The van der Waals surface area contributed by atoms with Crippen molar-refractivity contribution in [3.05, 3.63) is 0 Å². The van der Waals surface area contributed by atoms with E-state index < -0.39 is 11.4 Å². The van der Waals surface area contributed by atoms with Crippen molar-refractivity contribution >= 4 is 5.91 Å². The topological polar surface area (TPSA) is 75.6 Å². The average Bonchev–Trinajstić information content (AvgIpc) is 2.38. The smallest absolute Gasteiger partial charge is 0.237 e. The van der Waals surface area contributed by atoms with Crippen molar-refractivity contribution < 1.29 is 4.79 Å². The van der Waals surface area contributed by atoms with Gasteiger partial charge in [0.25, 0.3) is 0 Å². The van der Waals surface area contributed by atoms with E-state index in [2.05, 4.69) is 16.8 Å². The third-order valence-electron chi connectivity index (χ3n) is 5.16.